The molecule has 4 nitrogen and oxygen atoms in total. The predicted octanol–water partition coefficient (Wildman–Crippen LogP) is 2.07. The molecule has 25 heavy (non-hydrogen) atoms. The number of methoxy groups -OCH3 is 1. The molecule has 2 saturated heterocycles. The third-order valence-corrected chi connectivity index (χ3v) is 11.6. The summed E-state index contributed by atoms with van der Waals surface area (Å²) in [6.45, 7) is 0. The number of ether oxygens (including phenoxy) is 3. The van der Waals surface area contributed by atoms with E-state index in [-0.39, 0.29) is 29.2 Å². The average molecular weight is 340 g/mol. The first-order chi connectivity index (χ1) is 12.3. The second-order valence-electron chi connectivity index (χ2n) is 10.9. The average Bonchev–Trinajstić information content (AvgIpc) is 3.38. The van der Waals surface area contributed by atoms with Crippen molar-refractivity contribution in [1.82, 2.24) is 0 Å². The second-order valence-corrected chi connectivity index (χ2v) is 10.9. The normalized spacial score (nSPS) is 79.1. The lowest BCUT2D eigenvalue weighted by Crippen LogP contribution is -2.72. The van der Waals surface area contributed by atoms with Gasteiger partial charge in [0.1, 0.15) is 6.10 Å². The summed E-state index contributed by atoms with van der Waals surface area (Å²) in [5, 5.41) is 0. The minimum atomic E-state index is -0.225. The van der Waals surface area contributed by atoms with Crippen LogP contribution >= 0.6 is 0 Å². The molecular weight excluding hydrogens is 316 g/mol. The van der Waals surface area contributed by atoms with E-state index in [4.69, 9.17) is 14.2 Å². The predicted molar refractivity (Wildman–Crippen MR) is 83.8 cm³/mol. The van der Waals surface area contributed by atoms with E-state index >= 15 is 0 Å². The SMILES string of the molecule is CO[C@H]1O[C@@H]2CC[C@@H]3[C@@H]2[C@H]2[C@H]4[C@H]5[C@H]6[C@H]7[C@H]8CC[C@H]7OC(=O)[C@@]6([C@@H]34)[C@]12[C@H]85. The van der Waals surface area contributed by atoms with Crippen LogP contribution in [-0.4, -0.2) is 31.6 Å². The summed E-state index contributed by atoms with van der Waals surface area (Å²) in [4.78, 5) is 13.7. The van der Waals surface area contributed by atoms with Gasteiger partial charge >= 0.3 is 5.97 Å². The van der Waals surface area contributed by atoms with Gasteiger partial charge in [0.15, 0.2) is 6.29 Å². The number of carbonyl (C=O) groups is 1. The third kappa shape index (κ3) is 0.790. The molecule has 15 atom stereocenters. The highest BCUT2D eigenvalue weighted by atomic mass is 16.7. The molecule has 2 spiro atoms. The Morgan fingerprint density at radius 3 is 2.44 bits per heavy atom. The fourth-order valence-electron chi connectivity index (χ4n) is 12.5. The molecule has 8 bridgehead atoms. The van der Waals surface area contributed by atoms with Crippen LogP contribution in [0.3, 0.4) is 0 Å². The maximum Gasteiger partial charge on any atom is 0.313 e. The van der Waals surface area contributed by atoms with Crippen molar-refractivity contribution in [3.05, 3.63) is 0 Å². The number of esters is 1. The summed E-state index contributed by atoms with van der Waals surface area (Å²) in [6, 6.07) is 0. The molecule has 0 aromatic carbocycles. The van der Waals surface area contributed by atoms with Crippen molar-refractivity contribution < 1.29 is 19.0 Å². The van der Waals surface area contributed by atoms with Crippen molar-refractivity contribution in [2.24, 2.45) is 70.0 Å². The van der Waals surface area contributed by atoms with Crippen molar-refractivity contribution in [3.63, 3.8) is 0 Å². The van der Waals surface area contributed by atoms with E-state index in [9.17, 15) is 4.79 Å². The first kappa shape index (κ1) is 12.7. The molecule has 0 unspecified atom stereocenters. The Morgan fingerprint density at radius 1 is 0.880 bits per heavy atom. The van der Waals surface area contributed by atoms with E-state index in [0.717, 1.165) is 36.0 Å². The topological polar surface area (TPSA) is 44.8 Å². The van der Waals surface area contributed by atoms with Crippen LogP contribution in [0.4, 0.5) is 0 Å². The highest BCUT2D eigenvalue weighted by Gasteiger charge is 3.02. The molecule has 10 rings (SSSR count). The third-order valence-electron chi connectivity index (χ3n) is 11.6. The van der Waals surface area contributed by atoms with Crippen molar-refractivity contribution in [3.8, 4) is 0 Å². The van der Waals surface area contributed by atoms with Gasteiger partial charge in [-0.3, -0.25) is 4.79 Å². The van der Waals surface area contributed by atoms with Gasteiger partial charge in [-0.25, -0.2) is 0 Å². The first-order valence-electron chi connectivity index (χ1n) is 10.7. The number of rotatable bonds is 1. The number of carbonyl (C=O) groups excluding carboxylic acids is 1. The number of hydrogen-bond donors (Lipinski definition) is 0. The van der Waals surface area contributed by atoms with E-state index in [1.807, 2.05) is 7.11 Å². The van der Waals surface area contributed by atoms with Gasteiger partial charge in [0.2, 0.25) is 0 Å². The molecule has 0 amide bonds. The summed E-state index contributed by atoms with van der Waals surface area (Å²) in [6.07, 6.45) is 5.34. The van der Waals surface area contributed by atoms with Crippen LogP contribution in [0.15, 0.2) is 0 Å². The summed E-state index contributed by atoms with van der Waals surface area (Å²) in [5.74, 6) is 7.33. The van der Waals surface area contributed by atoms with Crippen LogP contribution < -0.4 is 0 Å². The van der Waals surface area contributed by atoms with Gasteiger partial charge in [-0.05, 0) is 78.9 Å². The van der Waals surface area contributed by atoms with Crippen LogP contribution in [-0.2, 0) is 19.0 Å². The van der Waals surface area contributed by atoms with Crippen molar-refractivity contribution in [2.45, 2.75) is 44.2 Å². The Balaban J connectivity index is 1.42. The van der Waals surface area contributed by atoms with E-state index in [1.165, 1.54) is 19.3 Å². The molecule has 0 radical (unpaired) electrons. The Kier molecular flexibility index (Phi) is 1.64. The van der Waals surface area contributed by atoms with Crippen LogP contribution in [0, 0.1) is 70.0 Å². The number of hydrogen-bond acceptors (Lipinski definition) is 4. The van der Waals surface area contributed by atoms with Gasteiger partial charge in [0.05, 0.1) is 11.5 Å². The zero-order valence-electron chi connectivity index (χ0n) is 14.5. The van der Waals surface area contributed by atoms with Gasteiger partial charge < -0.3 is 14.2 Å². The first-order valence-corrected chi connectivity index (χ1v) is 10.7. The molecule has 0 N–H and O–H groups in total. The second kappa shape index (κ2) is 3.22. The van der Waals surface area contributed by atoms with Crippen LogP contribution in [0.1, 0.15) is 25.7 Å². The summed E-state index contributed by atoms with van der Waals surface area (Å²) < 4.78 is 19.0. The molecule has 10 aliphatic rings. The highest BCUT2D eigenvalue weighted by molar-refractivity contribution is 5.85. The fraction of sp³-hybridized carbons (Fsp3) is 0.952. The molecule has 8 aliphatic carbocycles. The highest BCUT2D eigenvalue weighted by Crippen LogP contribution is 2.99. The van der Waals surface area contributed by atoms with Crippen LogP contribution in [0.5, 0.6) is 0 Å². The Bertz CT molecular complexity index is 762. The Hall–Kier alpha value is -0.610. The zero-order chi connectivity index (χ0) is 16.0. The molecule has 10 fully saturated rings. The monoisotopic (exact) mass is 340 g/mol. The molecule has 2 aliphatic heterocycles. The maximum atomic E-state index is 13.7. The van der Waals surface area contributed by atoms with Gasteiger partial charge in [-0.2, -0.15) is 0 Å². The summed E-state index contributed by atoms with van der Waals surface area (Å²) in [7, 11) is 1.83. The Labute approximate surface area is 146 Å². The molecule has 132 valence electrons. The fourth-order valence-corrected chi connectivity index (χ4v) is 12.5. The van der Waals surface area contributed by atoms with E-state index in [2.05, 4.69) is 0 Å². The van der Waals surface area contributed by atoms with Gasteiger partial charge in [-0.15, -0.1) is 0 Å². The summed E-state index contributed by atoms with van der Waals surface area (Å²) >= 11 is 0. The van der Waals surface area contributed by atoms with Gasteiger partial charge in [-0.1, -0.05) is 0 Å². The summed E-state index contributed by atoms with van der Waals surface area (Å²) in [5.41, 5.74) is -0.251. The maximum absolute atomic E-state index is 13.7. The van der Waals surface area contributed by atoms with Crippen molar-refractivity contribution >= 4 is 5.97 Å². The van der Waals surface area contributed by atoms with E-state index in [0.29, 0.717) is 35.7 Å². The van der Waals surface area contributed by atoms with Crippen molar-refractivity contribution in [2.75, 3.05) is 7.11 Å². The van der Waals surface area contributed by atoms with Gasteiger partial charge in [0, 0.05) is 18.4 Å². The molecule has 0 aromatic heterocycles. The zero-order valence-corrected chi connectivity index (χ0v) is 14.5. The standard InChI is InChI=1S/C21H24O4/c1-23-19-21-15-7-2-4-8-10(7)16-13(15)12-14(20(16,21)18(22)24-8)6-3-5-9(25-19)11(6)17(12)21/h6-17,19H,2-5H2,1H3/t6-,7-,8-,9-,10+,11+,12+,13-,14+,15-,16-,17+,19+,20+,21+/m1/s1. The van der Waals surface area contributed by atoms with Gasteiger partial charge in [0.25, 0.3) is 0 Å². The minimum absolute atomic E-state index is 0.0258. The molecule has 0 aromatic rings. The minimum Gasteiger partial charge on any atom is -0.462 e. The molecular formula is C21H24O4. The lowest BCUT2D eigenvalue weighted by atomic mass is 9.42. The molecule has 8 saturated carbocycles. The smallest absolute Gasteiger partial charge is 0.313 e. The Morgan fingerprint density at radius 2 is 1.60 bits per heavy atom. The van der Waals surface area contributed by atoms with Crippen LogP contribution in [0.2, 0.25) is 0 Å². The van der Waals surface area contributed by atoms with Crippen molar-refractivity contribution in [1.29, 1.82) is 0 Å². The van der Waals surface area contributed by atoms with E-state index < -0.39 is 0 Å². The quantitative estimate of drug-likeness (QED) is 0.686. The van der Waals surface area contributed by atoms with E-state index in [1.54, 1.807) is 0 Å². The largest absolute Gasteiger partial charge is 0.462 e. The lowest BCUT2D eigenvalue weighted by Gasteiger charge is -2.65. The van der Waals surface area contributed by atoms with Crippen LogP contribution in [0.25, 0.3) is 0 Å². The molecule has 4 heteroatoms. The molecule has 2 heterocycles. The lowest BCUT2D eigenvalue weighted by molar-refractivity contribution is -0.341.